The highest BCUT2D eigenvalue weighted by Crippen LogP contribution is 2.26. The first-order chi connectivity index (χ1) is 9.45. The number of aromatic nitrogens is 1. The van der Waals surface area contributed by atoms with Gasteiger partial charge in [0.05, 0.1) is 6.10 Å². The van der Waals surface area contributed by atoms with E-state index in [0.717, 1.165) is 12.8 Å². The maximum absolute atomic E-state index is 12.6. The average Bonchev–Trinajstić information content (AvgIpc) is 2.91. The topological polar surface area (TPSA) is 59.5 Å². The molecule has 1 atom stereocenters. The van der Waals surface area contributed by atoms with Gasteiger partial charge in [0, 0.05) is 30.4 Å². The molecule has 1 aromatic rings. The minimum absolute atomic E-state index is 0.0148. The Balaban J connectivity index is 2.28. The molecule has 2 rings (SSSR count). The van der Waals surface area contributed by atoms with Gasteiger partial charge in [-0.3, -0.25) is 0 Å². The summed E-state index contributed by atoms with van der Waals surface area (Å²) in [4.78, 5) is 3.90. The summed E-state index contributed by atoms with van der Waals surface area (Å²) in [5.41, 5.74) is 0. The van der Waals surface area contributed by atoms with Gasteiger partial charge in [0.1, 0.15) is 10.0 Å². The van der Waals surface area contributed by atoms with Crippen LogP contribution in [0.15, 0.2) is 21.6 Å². The number of likely N-dealkylation sites (N-methyl/N-ethyl adjacent to an activating group) is 1. The van der Waals surface area contributed by atoms with Gasteiger partial charge in [-0.15, -0.1) is 0 Å². The van der Waals surface area contributed by atoms with Crippen molar-refractivity contribution < 1.29 is 13.2 Å². The van der Waals surface area contributed by atoms with Crippen LogP contribution in [-0.4, -0.2) is 43.5 Å². The molecular formula is C12H16BrClN2O3S. The molecule has 1 fully saturated rings. The molecule has 1 unspecified atom stereocenters. The minimum Gasteiger partial charge on any atom is -0.377 e. The summed E-state index contributed by atoms with van der Waals surface area (Å²) in [7, 11) is -3.66. The lowest BCUT2D eigenvalue weighted by molar-refractivity contribution is 0.0947. The summed E-state index contributed by atoms with van der Waals surface area (Å²) in [5, 5.41) is -0.0148. The van der Waals surface area contributed by atoms with Gasteiger partial charge in [-0.25, -0.2) is 13.4 Å². The van der Waals surface area contributed by atoms with Gasteiger partial charge in [-0.1, -0.05) is 18.5 Å². The summed E-state index contributed by atoms with van der Waals surface area (Å²) in [6.07, 6.45) is 3.29. The lowest BCUT2D eigenvalue weighted by Gasteiger charge is -2.23. The quantitative estimate of drug-likeness (QED) is 0.734. The van der Waals surface area contributed by atoms with Crippen molar-refractivity contribution in [2.24, 2.45) is 0 Å². The minimum atomic E-state index is -3.66. The predicted molar refractivity (Wildman–Crippen MR) is 80.4 cm³/mol. The number of hydrogen-bond donors (Lipinski definition) is 0. The maximum Gasteiger partial charge on any atom is 0.246 e. The molecular weight excluding hydrogens is 368 g/mol. The lowest BCUT2D eigenvalue weighted by atomic mass is 10.2. The molecule has 5 nitrogen and oxygen atoms in total. The standard InChI is InChI=1S/C12H16BrClN2O3S/c1-2-16(8-10-4-3-5-19-10)20(17,18)11-6-9(13)7-15-12(11)14/h6-7,10H,2-5,8H2,1H3. The number of nitrogens with zero attached hydrogens (tertiary/aromatic N) is 2. The predicted octanol–water partition coefficient (Wildman–Crippen LogP) is 2.69. The Morgan fingerprint density at radius 1 is 1.60 bits per heavy atom. The maximum atomic E-state index is 12.6. The fourth-order valence-electron chi connectivity index (χ4n) is 2.14. The fourth-order valence-corrected chi connectivity index (χ4v) is 4.54. The van der Waals surface area contributed by atoms with E-state index in [4.69, 9.17) is 16.3 Å². The third-order valence-corrected chi connectivity index (χ3v) is 5.98. The SMILES string of the molecule is CCN(CC1CCCO1)S(=O)(=O)c1cc(Br)cnc1Cl. The molecule has 0 spiro atoms. The van der Waals surface area contributed by atoms with Crippen molar-refractivity contribution in [1.82, 2.24) is 9.29 Å². The molecule has 0 amide bonds. The number of sulfonamides is 1. The Bertz CT molecular complexity index is 576. The molecule has 0 aromatic carbocycles. The highest BCUT2D eigenvalue weighted by atomic mass is 79.9. The van der Waals surface area contributed by atoms with E-state index in [1.165, 1.54) is 16.6 Å². The van der Waals surface area contributed by atoms with Crippen molar-refractivity contribution >= 4 is 37.6 Å². The highest BCUT2D eigenvalue weighted by molar-refractivity contribution is 9.10. The first-order valence-electron chi connectivity index (χ1n) is 6.38. The van der Waals surface area contributed by atoms with Crippen LogP contribution < -0.4 is 0 Å². The molecule has 1 aliphatic rings. The van der Waals surface area contributed by atoms with Crippen LogP contribution in [0.4, 0.5) is 0 Å². The van der Waals surface area contributed by atoms with Gasteiger partial charge in [0.25, 0.3) is 0 Å². The van der Waals surface area contributed by atoms with Crippen molar-refractivity contribution in [3.63, 3.8) is 0 Å². The van der Waals surface area contributed by atoms with Gasteiger partial charge >= 0.3 is 0 Å². The first-order valence-corrected chi connectivity index (χ1v) is 8.99. The first kappa shape index (κ1) is 16.2. The molecule has 0 radical (unpaired) electrons. The molecule has 1 aliphatic heterocycles. The van der Waals surface area contributed by atoms with Crippen LogP contribution in [0.2, 0.25) is 5.15 Å². The van der Waals surface area contributed by atoms with Gasteiger partial charge in [0.15, 0.2) is 0 Å². The normalized spacial score (nSPS) is 19.7. The second-order valence-corrected chi connectivity index (χ2v) is 7.71. The molecule has 0 N–H and O–H groups in total. The van der Waals surface area contributed by atoms with E-state index in [1.807, 2.05) is 0 Å². The van der Waals surface area contributed by atoms with Crippen molar-refractivity contribution in [3.8, 4) is 0 Å². The van der Waals surface area contributed by atoms with Gasteiger partial charge in [-0.2, -0.15) is 4.31 Å². The van der Waals surface area contributed by atoms with Crippen molar-refractivity contribution in [2.75, 3.05) is 19.7 Å². The summed E-state index contributed by atoms with van der Waals surface area (Å²) >= 11 is 9.15. The van der Waals surface area contributed by atoms with Gasteiger partial charge < -0.3 is 4.74 Å². The van der Waals surface area contributed by atoms with E-state index >= 15 is 0 Å². The monoisotopic (exact) mass is 382 g/mol. The second kappa shape index (κ2) is 6.70. The van der Waals surface area contributed by atoms with Crippen LogP contribution in [0.3, 0.4) is 0 Å². The summed E-state index contributed by atoms with van der Waals surface area (Å²) < 4.78 is 32.8. The largest absolute Gasteiger partial charge is 0.377 e. The van der Waals surface area contributed by atoms with Crippen LogP contribution >= 0.6 is 27.5 Å². The zero-order chi connectivity index (χ0) is 14.8. The van der Waals surface area contributed by atoms with Crippen LogP contribution in [0, 0.1) is 0 Å². The molecule has 1 saturated heterocycles. The smallest absolute Gasteiger partial charge is 0.246 e. The van der Waals surface area contributed by atoms with Crippen LogP contribution in [0.25, 0.3) is 0 Å². The summed E-state index contributed by atoms with van der Waals surface area (Å²) in [6.45, 7) is 3.21. The summed E-state index contributed by atoms with van der Waals surface area (Å²) in [6, 6.07) is 1.48. The molecule has 0 saturated carbocycles. The second-order valence-electron chi connectivity index (χ2n) is 4.53. The zero-order valence-corrected chi connectivity index (χ0v) is 14.2. The van der Waals surface area contributed by atoms with E-state index in [9.17, 15) is 8.42 Å². The number of ether oxygens (including phenoxy) is 1. The van der Waals surface area contributed by atoms with Crippen molar-refractivity contribution in [2.45, 2.75) is 30.8 Å². The average molecular weight is 384 g/mol. The van der Waals surface area contributed by atoms with E-state index in [1.54, 1.807) is 6.92 Å². The number of hydrogen-bond acceptors (Lipinski definition) is 4. The molecule has 0 bridgehead atoms. The molecule has 0 aliphatic carbocycles. The van der Waals surface area contributed by atoms with E-state index in [2.05, 4.69) is 20.9 Å². The Labute approximate surface area is 132 Å². The number of rotatable bonds is 5. The Morgan fingerprint density at radius 2 is 2.35 bits per heavy atom. The Kier molecular flexibility index (Phi) is 5.42. The van der Waals surface area contributed by atoms with Gasteiger partial charge in [0.2, 0.25) is 10.0 Å². The van der Waals surface area contributed by atoms with Gasteiger partial charge in [-0.05, 0) is 34.8 Å². The van der Waals surface area contributed by atoms with E-state index < -0.39 is 10.0 Å². The van der Waals surface area contributed by atoms with Crippen molar-refractivity contribution in [3.05, 3.63) is 21.9 Å². The Morgan fingerprint density at radius 3 is 2.95 bits per heavy atom. The lowest BCUT2D eigenvalue weighted by Crippen LogP contribution is -2.37. The molecule has 112 valence electrons. The van der Waals surface area contributed by atoms with Crippen LogP contribution in [0.1, 0.15) is 19.8 Å². The third-order valence-electron chi connectivity index (χ3n) is 3.18. The van der Waals surface area contributed by atoms with Crippen molar-refractivity contribution in [1.29, 1.82) is 0 Å². The molecule has 8 heteroatoms. The third kappa shape index (κ3) is 3.51. The van der Waals surface area contributed by atoms with Crippen LogP contribution in [0.5, 0.6) is 0 Å². The fraction of sp³-hybridized carbons (Fsp3) is 0.583. The zero-order valence-electron chi connectivity index (χ0n) is 11.1. The van der Waals surface area contributed by atoms with E-state index in [0.29, 0.717) is 24.2 Å². The van der Waals surface area contributed by atoms with Crippen LogP contribution in [-0.2, 0) is 14.8 Å². The number of pyridine rings is 1. The summed E-state index contributed by atoms with van der Waals surface area (Å²) in [5.74, 6) is 0. The highest BCUT2D eigenvalue weighted by Gasteiger charge is 2.30. The Hall–Kier alpha value is -0.210. The molecule has 2 heterocycles. The molecule has 20 heavy (non-hydrogen) atoms. The van der Waals surface area contributed by atoms with E-state index in [-0.39, 0.29) is 16.2 Å². The molecule has 1 aromatic heterocycles. The number of halogens is 2.